The van der Waals surface area contributed by atoms with Gasteiger partial charge < -0.3 is 16.4 Å². The second kappa shape index (κ2) is 7.06. The Bertz CT molecular complexity index is 716. The van der Waals surface area contributed by atoms with Gasteiger partial charge in [0.15, 0.2) is 0 Å². The van der Waals surface area contributed by atoms with Gasteiger partial charge in [-0.3, -0.25) is 9.59 Å². The molecule has 6 heteroatoms. The van der Waals surface area contributed by atoms with Gasteiger partial charge >= 0.3 is 0 Å². The number of nitrogens with two attached hydrogens (primary N) is 1. The van der Waals surface area contributed by atoms with Crippen LogP contribution >= 0.6 is 11.6 Å². The number of aryl methyl sites for hydroxylation is 1. The molecule has 0 spiro atoms. The number of nitrogens with one attached hydrogen (secondary N) is 2. The van der Waals surface area contributed by atoms with Crippen LogP contribution in [0.4, 0.5) is 11.4 Å². The van der Waals surface area contributed by atoms with E-state index in [1.807, 2.05) is 19.1 Å². The molecule has 0 radical (unpaired) electrons. The van der Waals surface area contributed by atoms with E-state index in [4.69, 9.17) is 17.3 Å². The molecule has 4 N–H and O–H groups in total. The van der Waals surface area contributed by atoms with Crippen molar-refractivity contribution in [2.45, 2.75) is 6.92 Å². The summed E-state index contributed by atoms with van der Waals surface area (Å²) < 4.78 is 0. The SMILES string of the molecule is Cc1ccccc1C(=O)Nc1ccc(Cl)c(NC(=O)CN)c1. The van der Waals surface area contributed by atoms with E-state index in [0.29, 0.717) is 22.0 Å². The molecule has 0 fully saturated rings. The fourth-order valence-electron chi connectivity index (χ4n) is 1.93. The van der Waals surface area contributed by atoms with E-state index in [0.717, 1.165) is 5.56 Å². The molecule has 2 aromatic carbocycles. The molecule has 0 saturated carbocycles. The molecule has 0 bridgehead atoms. The summed E-state index contributed by atoms with van der Waals surface area (Å²) in [6, 6.07) is 12.1. The highest BCUT2D eigenvalue weighted by atomic mass is 35.5. The van der Waals surface area contributed by atoms with Gasteiger partial charge in [0.25, 0.3) is 5.91 Å². The third-order valence-corrected chi connectivity index (χ3v) is 3.40. The molecule has 0 heterocycles. The van der Waals surface area contributed by atoms with Crippen LogP contribution in [0.2, 0.25) is 5.02 Å². The minimum absolute atomic E-state index is 0.143. The molecular formula is C16H16ClN3O2. The van der Waals surface area contributed by atoms with E-state index in [9.17, 15) is 9.59 Å². The predicted octanol–water partition coefficient (Wildman–Crippen LogP) is 2.80. The van der Waals surface area contributed by atoms with Crippen LogP contribution in [0.3, 0.4) is 0 Å². The molecule has 114 valence electrons. The minimum atomic E-state index is -0.357. The third kappa shape index (κ3) is 3.84. The summed E-state index contributed by atoms with van der Waals surface area (Å²) in [7, 11) is 0. The molecule has 2 amide bonds. The number of benzene rings is 2. The summed E-state index contributed by atoms with van der Waals surface area (Å²) in [6.07, 6.45) is 0. The van der Waals surface area contributed by atoms with Crippen LogP contribution in [-0.4, -0.2) is 18.4 Å². The molecule has 0 atom stereocenters. The smallest absolute Gasteiger partial charge is 0.255 e. The van der Waals surface area contributed by atoms with Crippen molar-refractivity contribution in [3.05, 3.63) is 58.6 Å². The second-order valence-corrected chi connectivity index (χ2v) is 5.12. The van der Waals surface area contributed by atoms with E-state index in [-0.39, 0.29) is 18.4 Å². The van der Waals surface area contributed by atoms with Crippen LogP contribution in [0.5, 0.6) is 0 Å². The minimum Gasteiger partial charge on any atom is -0.324 e. The number of halogens is 1. The second-order valence-electron chi connectivity index (χ2n) is 4.72. The van der Waals surface area contributed by atoms with E-state index in [1.165, 1.54) is 0 Å². The first kappa shape index (κ1) is 16.0. The van der Waals surface area contributed by atoms with Crippen molar-refractivity contribution in [1.29, 1.82) is 0 Å². The first-order chi connectivity index (χ1) is 10.5. The van der Waals surface area contributed by atoms with Crippen LogP contribution in [0.15, 0.2) is 42.5 Å². The predicted molar refractivity (Wildman–Crippen MR) is 88.3 cm³/mol. The van der Waals surface area contributed by atoms with Crippen molar-refractivity contribution in [1.82, 2.24) is 0 Å². The highest BCUT2D eigenvalue weighted by molar-refractivity contribution is 6.34. The molecule has 0 unspecified atom stereocenters. The lowest BCUT2D eigenvalue weighted by atomic mass is 10.1. The fourth-order valence-corrected chi connectivity index (χ4v) is 2.09. The highest BCUT2D eigenvalue weighted by Gasteiger charge is 2.10. The van der Waals surface area contributed by atoms with Crippen LogP contribution in [0.1, 0.15) is 15.9 Å². The molecule has 0 saturated heterocycles. The molecule has 0 aliphatic rings. The van der Waals surface area contributed by atoms with Gasteiger partial charge in [0.1, 0.15) is 0 Å². The maximum atomic E-state index is 12.3. The summed E-state index contributed by atoms with van der Waals surface area (Å²) in [6.45, 7) is 1.72. The van der Waals surface area contributed by atoms with E-state index in [2.05, 4.69) is 10.6 Å². The summed E-state index contributed by atoms with van der Waals surface area (Å²) >= 11 is 6.01. The standard InChI is InChI=1S/C16H16ClN3O2/c1-10-4-2-3-5-12(10)16(22)19-11-6-7-13(17)14(8-11)20-15(21)9-18/h2-8H,9,18H2,1H3,(H,19,22)(H,20,21). The molecular weight excluding hydrogens is 302 g/mol. The van der Waals surface area contributed by atoms with Crippen molar-refractivity contribution in [3.63, 3.8) is 0 Å². The fraction of sp³-hybridized carbons (Fsp3) is 0.125. The lowest BCUT2D eigenvalue weighted by Crippen LogP contribution is -2.22. The summed E-state index contributed by atoms with van der Waals surface area (Å²) in [5.74, 6) is -0.583. The molecule has 2 aromatic rings. The zero-order chi connectivity index (χ0) is 16.1. The van der Waals surface area contributed by atoms with Gasteiger partial charge in [-0.1, -0.05) is 29.8 Å². The summed E-state index contributed by atoms with van der Waals surface area (Å²) in [4.78, 5) is 23.6. The molecule has 0 aliphatic heterocycles. The Morgan fingerprint density at radius 3 is 2.55 bits per heavy atom. The van der Waals surface area contributed by atoms with Crippen molar-refractivity contribution in [2.24, 2.45) is 5.73 Å². The van der Waals surface area contributed by atoms with Crippen molar-refractivity contribution in [2.75, 3.05) is 17.2 Å². The van der Waals surface area contributed by atoms with Gasteiger partial charge in [0.05, 0.1) is 17.3 Å². The summed E-state index contributed by atoms with van der Waals surface area (Å²) in [5.41, 5.74) is 7.66. The maximum Gasteiger partial charge on any atom is 0.255 e. The lowest BCUT2D eigenvalue weighted by molar-refractivity contribution is -0.114. The largest absolute Gasteiger partial charge is 0.324 e. The van der Waals surface area contributed by atoms with Crippen LogP contribution < -0.4 is 16.4 Å². The summed E-state index contributed by atoms with van der Waals surface area (Å²) in [5, 5.41) is 5.73. The Balaban J connectivity index is 2.20. The lowest BCUT2D eigenvalue weighted by Gasteiger charge is -2.11. The zero-order valence-electron chi connectivity index (χ0n) is 12.0. The van der Waals surface area contributed by atoms with Crippen LogP contribution in [0, 0.1) is 6.92 Å². The van der Waals surface area contributed by atoms with Crippen LogP contribution in [-0.2, 0) is 4.79 Å². The Morgan fingerprint density at radius 2 is 1.86 bits per heavy atom. The molecule has 0 aromatic heterocycles. The Morgan fingerprint density at radius 1 is 1.14 bits per heavy atom. The van der Waals surface area contributed by atoms with Crippen molar-refractivity contribution >= 4 is 34.8 Å². The monoisotopic (exact) mass is 317 g/mol. The van der Waals surface area contributed by atoms with Gasteiger partial charge in [-0.05, 0) is 36.8 Å². The average molecular weight is 318 g/mol. The normalized spacial score (nSPS) is 10.1. The van der Waals surface area contributed by atoms with Gasteiger partial charge in [0, 0.05) is 11.3 Å². The first-order valence-electron chi connectivity index (χ1n) is 6.67. The van der Waals surface area contributed by atoms with Gasteiger partial charge in [-0.25, -0.2) is 0 Å². The molecule has 2 rings (SSSR count). The van der Waals surface area contributed by atoms with Crippen molar-refractivity contribution < 1.29 is 9.59 Å². The average Bonchev–Trinajstić information content (AvgIpc) is 2.50. The quantitative estimate of drug-likeness (QED) is 0.810. The number of anilines is 2. The molecule has 0 aliphatic carbocycles. The zero-order valence-corrected chi connectivity index (χ0v) is 12.8. The number of rotatable bonds is 4. The first-order valence-corrected chi connectivity index (χ1v) is 7.05. The Kier molecular flexibility index (Phi) is 5.14. The number of hydrogen-bond donors (Lipinski definition) is 3. The van der Waals surface area contributed by atoms with E-state index < -0.39 is 0 Å². The van der Waals surface area contributed by atoms with E-state index >= 15 is 0 Å². The number of carbonyl (C=O) groups excluding carboxylic acids is 2. The Hall–Kier alpha value is -2.37. The molecule has 5 nitrogen and oxygen atoms in total. The maximum absolute atomic E-state index is 12.3. The van der Waals surface area contributed by atoms with Crippen LogP contribution in [0.25, 0.3) is 0 Å². The topological polar surface area (TPSA) is 84.2 Å². The number of amides is 2. The number of carbonyl (C=O) groups is 2. The van der Waals surface area contributed by atoms with Gasteiger partial charge in [0.2, 0.25) is 5.91 Å². The van der Waals surface area contributed by atoms with Crippen molar-refractivity contribution in [3.8, 4) is 0 Å². The van der Waals surface area contributed by atoms with E-state index in [1.54, 1.807) is 30.3 Å². The third-order valence-electron chi connectivity index (χ3n) is 3.07. The number of hydrogen-bond acceptors (Lipinski definition) is 3. The van der Waals surface area contributed by atoms with Gasteiger partial charge in [-0.2, -0.15) is 0 Å². The van der Waals surface area contributed by atoms with Gasteiger partial charge in [-0.15, -0.1) is 0 Å². The Labute approximate surface area is 133 Å². The molecule has 22 heavy (non-hydrogen) atoms. The highest BCUT2D eigenvalue weighted by Crippen LogP contribution is 2.26.